The Morgan fingerprint density at radius 1 is 0.720 bits per heavy atom. The lowest BCUT2D eigenvalue weighted by molar-refractivity contribution is 0.181. The highest BCUT2D eigenvalue weighted by molar-refractivity contribution is 5.49. The Morgan fingerprint density at radius 3 is 1.40 bits per heavy atom. The molecule has 3 aromatic rings. The third-order valence-corrected chi connectivity index (χ3v) is 4.57. The van der Waals surface area contributed by atoms with Crippen molar-refractivity contribution in [2.75, 3.05) is 6.54 Å². The molecule has 0 heterocycles. The number of rotatable bonds is 7. The minimum atomic E-state index is -0.446. The molecule has 25 heavy (non-hydrogen) atoms. The number of nitrogens with one attached hydrogen (secondary N) is 1. The van der Waals surface area contributed by atoms with Gasteiger partial charge in [-0.05, 0) is 36.6 Å². The maximum absolute atomic E-state index is 9.72. The lowest BCUT2D eigenvalue weighted by atomic mass is 9.77. The third-order valence-electron chi connectivity index (χ3n) is 4.57. The average molecular weight is 331 g/mol. The van der Waals surface area contributed by atoms with Crippen LogP contribution in [0.5, 0.6) is 0 Å². The van der Waals surface area contributed by atoms with Crippen molar-refractivity contribution in [3.8, 4) is 0 Å². The van der Waals surface area contributed by atoms with Gasteiger partial charge in [0.25, 0.3) is 0 Å². The van der Waals surface area contributed by atoms with Gasteiger partial charge in [0.15, 0.2) is 0 Å². The van der Waals surface area contributed by atoms with Crippen LogP contribution in [0.1, 0.15) is 30.0 Å². The van der Waals surface area contributed by atoms with E-state index < -0.39 is 5.54 Å². The topological polar surface area (TPSA) is 32.3 Å². The molecule has 0 spiro atoms. The first kappa shape index (κ1) is 17.4. The van der Waals surface area contributed by atoms with Gasteiger partial charge < -0.3 is 5.11 Å². The molecular weight excluding hydrogens is 306 g/mol. The van der Waals surface area contributed by atoms with Gasteiger partial charge in [-0.3, -0.25) is 5.32 Å². The normalized spacial score (nSPS) is 12.7. The first-order valence-corrected chi connectivity index (χ1v) is 8.83. The zero-order valence-electron chi connectivity index (χ0n) is 14.6. The smallest absolute Gasteiger partial charge is 0.0947 e. The highest BCUT2D eigenvalue weighted by Gasteiger charge is 2.35. The Hall–Kier alpha value is -2.42. The monoisotopic (exact) mass is 331 g/mol. The highest BCUT2D eigenvalue weighted by atomic mass is 16.3. The number of aliphatic hydroxyl groups excluding tert-OH is 1. The van der Waals surface area contributed by atoms with E-state index in [1.54, 1.807) is 0 Å². The van der Waals surface area contributed by atoms with Crippen LogP contribution in [0.2, 0.25) is 0 Å². The van der Waals surface area contributed by atoms with Crippen LogP contribution in [-0.2, 0) is 5.54 Å². The molecule has 0 fully saturated rings. The van der Waals surface area contributed by atoms with E-state index >= 15 is 0 Å². The van der Waals surface area contributed by atoms with E-state index in [4.69, 9.17) is 0 Å². The van der Waals surface area contributed by atoms with E-state index in [1.807, 2.05) is 25.1 Å². The quantitative estimate of drug-likeness (QED) is 0.631. The summed E-state index contributed by atoms with van der Waals surface area (Å²) in [5.41, 5.74) is 3.13. The molecule has 0 bridgehead atoms. The van der Waals surface area contributed by atoms with E-state index in [0.29, 0.717) is 6.42 Å². The van der Waals surface area contributed by atoms with Crippen LogP contribution in [-0.4, -0.2) is 17.8 Å². The summed E-state index contributed by atoms with van der Waals surface area (Å²) in [6.45, 7) is 2.55. The van der Waals surface area contributed by atoms with E-state index in [1.165, 1.54) is 16.7 Å². The molecule has 0 aliphatic carbocycles. The van der Waals surface area contributed by atoms with Gasteiger partial charge in [-0.15, -0.1) is 0 Å². The molecule has 0 amide bonds. The average Bonchev–Trinajstić information content (AvgIpc) is 2.67. The van der Waals surface area contributed by atoms with Crippen LogP contribution >= 0.6 is 0 Å². The van der Waals surface area contributed by atoms with E-state index in [2.05, 4.69) is 78.1 Å². The van der Waals surface area contributed by atoms with Crippen molar-refractivity contribution in [3.63, 3.8) is 0 Å². The van der Waals surface area contributed by atoms with Gasteiger partial charge in [0, 0.05) is 0 Å². The minimum Gasteiger partial charge on any atom is -0.393 e. The Bertz CT molecular complexity index is 657. The molecule has 0 aliphatic heterocycles. The minimum absolute atomic E-state index is 0.326. The van der Waals surface area contributed by atoms with Crippen molar-refractivity contribution in [1.82, 2.24) is 5.32 Å². The van der Waals surface area contributed by atoms with Crippen LogP contribution in [0, 0.1) is 0 Å². The van der Waals surface area contributed by atoms with Gasteiger partial charge in [-0.2, -0.15) is 0 Å². The highest BCUT2D eigenvalue weighted by Crippen LogP contribution is 2.36. The Morgan fingerprint density at radius 2 is 1.08 bits per heavy atom. The standard InChI is InChI=1S/C23H25NO/c1-19(25)17-18-24-23(20-11-5-2-6-12-20,21-13-7-3-8-14-21)22-15-9-4-10-16-22/h2-16,19,24-25H,17-18H2,1H3. The second-order valence-corrected chi connectivity index (χ2v) is 6.41. The fourth-order valence-corrected chi connectivity index (χ4v) is 3.34. The summed E-state index contributed by atoms with van der Waals surface area (Å²) < 4.78 is 0. The predicted molar refractivity (Wildman–Crippen MR) is 104 cm³/mol. The molecule has 2 N–H and O–H groups in total. The van der Waals surface area contributed by atoms with Gasteiger partial charge >= 0.3 is 0 Å². The van der Waals surface area contributed by atoms with Gasteiger partial charge in [0.05, 0.1) is 11.6 Å². The lowest BCUT2D eigenvalue weighted by Crippen LogP contribution is -2.45. The molecule has 2 heteroatoms. The van der Waals surface area contributed by atoms with Gasteiger partial charge in [0.1, 0.15) is 0 Å². The predicted octanol–water partition coefficient (Wildman–Crippen LogP) is 4.34. The molecule has 0 aliphatic rings. The molecule has 1 unspecified atom stereocenters. The van der Waals surface area contributed by atoms with Crippen molar-refractivity contribution < 1.29 is 5.11 Å². The first-order valence-electron chi connectivity index (χ1n) is 8.83. The van der Waals surface area contributed by atoms with Crippen molar-refractivity contribution in [2.45, 2.75) is 25.0 Å². The maximum Gasteiger partial charge on any atom is 0.0947 e. The molecule has 0 radical (unpaired) electrons. The second-order valence-electron chi connectivity index (χ2n) is 6.41. The van der Waals surface area contributed by atoms with Crippen LogP contribution in [0.15, 0.2) is 91.0 Å². The summed E-state index contributed by atoms with van der Waals surface area (Å²) in [7, 11) is 0. The molecule has 0 saturated heterocycles. The van der Waals surface area contributed by atoms with E-state index in [9.17, 15) is 5.11 Å². The maximum atomic E-state index is 9.72. The van der Waals surface area contributed by atoms with Crippen molar-refractivity contribution >= 4 is 0 Å². The van der Waals surface area contributed by atoms with Gasteiger partial charge in [0.2, 0.25) is 0 Å². The number of benzene rings is 3. The second kappa shape index (κ2) is 8.11. The van der Waals surface area contributed by atoms with Crippen LogP contribution in [0.3, 0.4) is 0 Å². The van der Waals surface area contributed by atoms with Gasteiger partial charge in [-0.1, -0.05) is 91.0 Å². The van der Waals surface area contributed by atoms with E-state index in [-0.39, 0.29) is 6.10 Å². The zero-order chi connectivity index (χ0) is 17.5. The molecule has 128 valence electrons. The Kier molecular flexibility index (Phi) is 5.64. The molecule has 3 rings (SSSR count). The summed E-state index contributed by atoms with van der Waals surface area (Å²) in [4.78, 5) is 0. The lowest BCUT2D eigenvalue weighted by Gasteiger charge is -2.37. The largest absolute Gasteiger partial charge is 0.393 e. The fourth-order valence-electron chi connectivity index (χ4n) is 3.34. The summed E-state index contributed by atoms with van der Waals surface area (Å²) in [6.07, 6.45) is 0.376. The number of hydrogen-bond donors (Lipinski definition) is 2. The van der Waals surface area contributed by atoms with Crippen molar-refractivity contribution in [1.29, 1.82) is 0 Å². The first-order chi connectivity index (χ1) is 12.2. The zero-order valence-corrected chi connectivity index (χ0v) is 14.6. The Balaban J connectivity index is 2.16. The fraction of sp³-hybridized carbons (Fsp3) is 0.217. The van der Waals surface area contributed by atoms with Crippen LogP contribution in [0.25, 0.3) is 0 Å². The van der Waals surface area contributed by atoms with Crippen molar-refractivity contribution in [3.05, 3.63) is 108 Å². The molecule has 1 atom stereocenters. The van der Waals surface area contributed by atoms with Crippen LogP contribution < -0.4 is 5.32 Å². The Labute approximate surface area is 150 Å². The SMILES string of the molecule is CC(O)CCNC(c1ccccc1)(c1ccccc1)c1ccccc1. The van der Waals surface area contributed by atoms with Crippen LogP contribution in [0.4, 0.5) is 0 Å². The molecular formula is C23H25NO. The van der Waals surface area contributed by atoms with E-state index in [0.717, 1.165) is 6.54 Å². The number of hydrogen-bond acceptors (Lipinski definition) is 2. The molecule has 3 aromatic carbocycles. The van der Waals surface area contributed by atoms with Crippen molar-refractivity contribution in [2.24, 2.45) is 0 Å². The molecule has 2 nitrogen and oxygen atoms in total. The molecule has 0 aromatic heterocycles. The number of aliphatic hydroxyl groups is 1. The summed E-state index contributed by atoms with van der Waals surface area (Å²) in [6, 6.07) is 31.6. The summed E-state index contributed by atoms with van der Waals surface area (Å²) >= 11 is 0. The molecule has 0 saturated carbocycles. The summed E-state index contributed by atoms with van der Waals surface area (Å²) in [5, 5.41) is 13.5. The summed E-state index contributed by atoms with van der Waals surface area (Å²) in [5.74, 6) is 0. The third kappa shape index (κ3) is 3.81. The van der Waals surface area contributed by atoms with Gasteiger partial charge in [-0.25, -0.2) is 0 Å².